The van der Waals surface area contributed by atoms with Gasteiger partial charge >= 0.3 is 0 Å². The summed E-state index contributed by atoms with van der Waals surface area (Å²) in [7, 11) is -3.73. The van der Waals surface area contributed by atoms with Crippen molar-refractivity contribution in [2.75, 3.05) is 0 Å². The van der Waals surface area contributed by atoms with Crippen LogP contribution in [0.5, 0.6) is 0 Å². The Hall–Kier alpha value is -0.800. The van der Waals surface area contributed by atoms with Crippen molar-refractivity contribution in [2.24, 2.45) is 0 Å². The summed E-state index contributed by atoms with van der Waals surface area (Å²) in [4.78, 5) is -0.0241. The highest BCUT2D eigenvalue weighted by Gasteiger charge is 2.17. The van der Waals surface area contributed by atoms with Crippen molar-refractivity contribution < 1.29 is 8.42 Å². The van der Waals surface area contributed by atoms with Gasteiger partial charge in [0, 0.05) is 0 Å². The molecule has 0 fully saturated rings. The minimum absolute atomic E-state index is 0.0241. The van der Waals surface area contributed by atoms with Crippen LogP contribution in [0.2, 0.25) is 10.0 Å². The minimum Gasteiger partial charge on any atom is -0.207 e. The predicted octanol–water partition coefficient (Wildman–Crippen LogP) is 2.18. The zero-order chi connectivity index (χ0) is 12.3. The number of hydrogen-bond acceptors (Lipinski definition) is 3. The van der Waals surface area contributed by atoms with Crippen LogP contribution in [0, 0.1) is 11.3 Å². The van der Waals surface area contributed by atoms with Crippen molar-refractivity contribution in [1.82, 2.24) is 4.72 Å². The van der Waals surface area contributed by atoms with Gasteiger partial charge in [-0.2, -0.15) is 9.98 Å². The second-order valence-electron chi connectivity index (χ2n) is 3.05. The van der Waals surface area contributed by atoms with E-state index in [0.717, 1.165) is 0 Å². The molecule has 1 atom stereocenters. The molecule has 0 heterocycles. The molecule has 1 aromatic carbocycles. The van der Waals surface area contributed by atoms with E-state index < -0.39 is 16.1 Å². The highest BCUT2D eigenvalue weighted by molar-refractivity contribution is 7.89. The van der Waals surface area contributed by atoms with Gasteiger partial charge in [-0.15, -0.1) is 0 Å². The van der Waals surface area contributed by atoms with Crippen LogP contribution in [0.3, 0.4) is 0 Å². The van der Waals surface area contributed by atoms with Crippen LogP contribution < -0.4 is 4.72 Å². The molecule has 1 aromatic rings. The Labute approximate surface area is 104 Å². The number of nitrogens with one attached hydrogen (secondary N) is 1. The summed E-state index contributed by atoms with van der Waals surface area (Å²) in [6.07, 6.45) is 0. The number of nitrogens with zero attached hydrogens (tertiary/aromatic N) is 1. The highest BCUT2D eigenvalue weighted by atomic mass is 35.5. The SMILES string of the molecule is CC(C#N)NS(=O)(=O)c1ccc(Cl)c(Cl)c1. The summed E-state index contributed by atoms with van der Waals surface area (Å²) in [5.74, 6) is 0. The third kappa shape index (κ3) is 3.09. The molecule has 0 amide bonds. The fraction of sp³-hybridized carbons (Fsp3) is 0.222. The first kappa shape index (κ1) is 13.3. The summed E-state index contributed by atoms with van der Waals surface area (Å²) in [6.45, 7) is 1.44. The van der Waals surface area contributed by atoms with Crippen LogP contribution in [0.1, 0.15) is 6.92 Å². The lowest BCUT2D eigenvalue weighted by molar-refractivity contribution is 0.577. The van der Waals surface area contributed by atoms with Gasteiger partial charge in [-0.1, -0.05) is 23.2 Å². The molecular formula is C9H8Cl2N2O2S. The van der Waals surface area contributed by atoms with E-state index in [1.165, 1.54) is 25.1 Å². The molecule has 1 unspecified atom stereocenters. The molecule has 0 bridgehead atoms. The van der Waals surface area contributed by atoms with E-state index in [1.54, 1.807) is 6.07 Å². The van der Waals surface area contributed by atoms with E-state index in [-0.39, 0.29) is 14.9 Å². The molecule has 0 aliphatic carbocycles. The average Bonchev–Trinajstić information content (AvgIpc) is 2.21. The largest absolute Gasteiger partial charge is 0.241 e. The van der Waals surface area contributed by atoms with Crippen molar-refractivity contribution in [1.29, 1.82) is 5.26 Å². The first-order valence-electron chi connectivity index (χ1n) is 4.24. The zero-order valence-electron chi connectivity index (χ0n) is 8.24. The van der Waals surface area contributed by atoms with Gasteiger partial charge in [-0.25, -0.2) is 8.42 Å². The van der Waals surface area contributed by atoms with Gasteiger partial charge in [0.2, 0.25) is 10.0 Å². The quantitative estimate of drug-likeness (QED) is 0.921. The molecule has 4 nitrogen and oxygen atoms in total. The van der Waals surface area contributed by atoms with E-state index in [4.69, 9.17) is 28.5 Å². The van der Waals surface area contributed by atoms with Gasteiger partial charge in [0.25, 0.3) is 0 Å². The normalized spacial score (nSPS) is 13.1. The molecule has 0 aliphatic heterocycles. The van der Waals surface area contributed by atoms with E-state index >= 15 is 0 Å². The summed E-state index contributed by atoms with van der Waals surface area (Å²) in [5.41, 5.74) is 0. The van der Waals surface area contributed by atoms with Crippen LogP contribution in [-0.4, -0.2) is 14.5 Å². The third-order valence-electron chi connectivity index (χ3n) is 1.73. The smallest absolute Gasteiger partial charge is 0.207 e. The molecule has 0 aromatic heterocycles. The first-order valence-corrected chi connectivity index (χ1v) is 6.47. The zero-order valence-corrected chi connectivity index (χ0v) is 10.6. The lowest BCUT2D eigenvalue weighted by atomic mass is 10.4. The third-order valence-corrected chi connectivity index (χ3v) is 4.00. The van der Waals surface area contributed by atoms with Gasteiger partial charge in [0.15, 0.2) is 0 Å². The molecule has 0 saturated carbocycles. The van der Waals surface area contributed by atoms with Crippen molar-refractivity contribution in [3.8, 4) is 6.07 Å². The number of rotatable bonds is 3. The second kappa shape index (κ2) is 5.02. The number of nitriles is 1. The van der Waals surface area contributed by atoms with Crippen LogP contribution in [0.4, 0.5) is 0 Å². The highest BCUT2D eigenvalue weighted by Crippen LogP contribution is 2.24. The van der Waals surface area contributed by atoms with Crippen molar-refractivity contribution in [2.45, 2.75) is 17.9 Å². The summed E-state index contributed by atoms with van der Waals surface area (Å²) in [6, 6.07) is 4.90. The molecule has 86 valence electrons. The molecular weight excluding hydrogens is 271 g/mol. The predicted molar refractivity (Wildman–Crippen MR) is 61.9 cm³/mol. The van der Waals surface area contributed by atoms with Crippen molar-refractivity contribution in [3.05, 3.63) is 28.2 Å². The van der Waals surface area contributed by atoms with Gasteiger partial charge in [-0.3, -0.25) is 0 Å². The van der Waals surface area contributed by atoms with Crippen LogP contribution in [-0.2, 0) is 10.0 Å². The second-order valence-corrected chi connectivity index (χ2v) is 5.58. The summed E-state index contributed by atoms with van der Waals surface area (Å²) in [5, 5.41) is 8.94. The van der Waals surface area contributed by atoms with Gasteiger partial charge in [0.05, 0.1) is 21.0 Å². The minimum atomic E-state index is -3.73. The lowest BCUT2D eigenvalue weighted by Crippen LogP contribution is -2.31. The monoisotopic (exact) mass is 278 g/mol. The number of benzene rings is 1. The Morgan fingerprint density at radius 2 is 2.00 bits per heavy atom. The topological polar surface area (TPSA) is 70.0 Å². The number of sulfonamides is 1. The van der Waals surface area contributed by atoms with E-state index in [0.29, 0.717) is 0 Å². The fourth-order valence-corrected chi connectivity index (χ4v) is 2.51. The standard InChI is InChI=1S/C9H8Cl2N2O2S/c1-6(5-12)13-16(14,15)7-2-3-8(10)9(11)4-7/h2-4,6,13H,1H3. The Morgan fingerprint density at radius 1 is 1.38 bits per heavy atom. The van der Waals surface area contributed by atoms with Crippen LogP contribution in [0.25, 0.3) is 0 Å². The Balaban J connectivity index is 3.09. The fourth-order valence-electron chi connectivity index (χ4n) is 0.971. The van der Waals surface area contributed by atoms with Crippen LogP contribution in [0.15, 0.2) is 23.1 Å². The molecule has 0 saturated heterocycles. The molecule has 0 spiro atoms. The average molecular weight is 279 g/mol. The maximum atomic E-state index is 11.7. The van der Waals surface area contributed by atoms with Gasteiger partial charge in [-0.05, 0) is 25.1 Å². The van der Waals surface area contributed by atoms with Crippen molar-refractivity contribution in [3.63, 3.8) is 0 Å². The van der Waals surface area contributed by atoms with Crippen LogP contribution >= 0.6 is 23.2 Å². The summed E-state index contributed by atoms with van der Waals surface area (Å²) >= 11 is 11.4. The Kier molecular flexibility index (Phi) is 4.16. The maximum Gasteiger partial charge on any atom is 0.241 e. The number of hydrogen-bond donors (Lipinski definition) is 1. The van der Waals surface area contributed by atoms with E-state index in [2.05, 4.69) is 4.72 Å². The van der Waals surface area contributed by atoms with Gasteiger partial charge in [0.1, 0.15) is 6.04 Å². The Bertz CT molecular complexity index is 537. The first-order chi connectivity index (χ1) is 7.36. The Morgan fingerprint density at radius 3 is 2.50 bits per heavy atom. The van der Waals surface area contributed by atoms with E-state index in [9.17, 15) is 8.42 Å². The van der Waals surface area contributed by atoms with Gasteiger partial charge < -0.3 is 0 Å². The molecule has 7 heteroatoms. The molecule has 16 heavy (non-hydrogen) atoms. The lowest BCUT2D eigenvalue weighted by Gasteiger charge is -2.08. The molecule has 1 rings (SSSR count). The number of halogens is 2. The molecule has 0 radical (unpaired) electrons. The molecule has 0 aliphatic rings. The van der Waals surface area contributed by atoms with Crippen molar-refractivity contribution >= 4 is 33.2 Å². The molecule has 1 N–H and O–H groups in total. The maximum absolute atomic E-state index is 11.7. The summed E-state index contributed by atoms with van der Waals surface area (Å²) < 4.78 is 25.6. The van der Waals surface area contributed by atoms with E-state index in [1.807, 2.05) is 0 Å².